The molecule has 15 heavy (non-hydrogen) atoms. The van der Waals surface area contributed by atoms with Crippen LogP contribution in [0.25, 0.3) is 0 Å². The van der Waals surface area contributed by atoms with E-state index >= 15 is 0 Å². The quantitative estimate of drug-likeness (QED) is 0.643. The van der Waals surface area contributed by atoms with Crippen molar-refractivity contribution >= 4 is 12.0 Å². The Labute approximate surface area is 91.0 Å². The molecule has 0 atom stereocenters. The molecule has 0 aromatic rings. The van der Waals surface area contributed by atoms with Gasteiger partial charge in [-0.3, -0.25) is 4.79 Å². The van der Waals surface area contributed by atoms with Gasteiger partial charge in [0.15, 0.2) is 0 Å². The van der Waals surface area contributed by atoms with Crippen LogP contribution in [0.15, 0.2) is 0 Å². The van der Waals surface area contributed by atoms with E-state index in [1.54, 1.807) is 11.9 Å². The molecule has 0 aromatic heterocycles. The Kier molecular flexibility index (Phi) is 6.49. The molecule has 0 aromatic carbocycles. The second-order valence-electron chi connectivity index (χ2n) is 3.29. The second-order valence-corrected chi connectivity index (χ2v) is 3.29. The van der Waals surface area contributed by atoms with E-state index in [0.29, 0.717) is 13.1 Å². The van der Waals surface area contributed by atoms with Gasteiger partial charge < -0.3 is 14.5 Å². The normalized spacial score (nSPS) is 9.60. The molecule has 0 bridgehead atoms. The van der Waals surface area contributed by atoms with Crippen molar-refractivity contribution in [1.82, 2.24) is 9.80 Å². The lowest BCUT2D eigenvalue weighted by molar-refractivity contribution is -0.141. The summed E-state index contributed by atoms with van der Waals surface area (Å²) in [6, 6.07) is -0.134. The fraction of sp³-hybridized carbons (Fsp3) is 0.800. The maximum atomic E-state index is 11.8. The van der Waals surface area contributed by atoms with E-state index in [2.05, 4.69) is 4.74 Å². The number of hydrogen-bond acceptors (Lipinski definition) is 3. The maximum absolute atomic E-state index is 11.8. The van der Waals surface area contributed by atoms with E-state index in [4.69, 9.17) is 0 Å². The molecule has 0 aliphatic rings. The molecule has 0 N–H and O–H groups in total. The number of esters is 1. The van der Waals surface area contributed by atoms with Gasteiger partial charge >= 0.3 is 12.0 Å². The zero-order valence-corrected chi connectivity index (χ0v) is 9.95. The van der Waals surface area contributed by atoms with E-state index in [9.17, 15) is 9.59 Å². The summed E-state index contributed by atoms with van der Waals surface area (Å²) in [4.78, 5) is 25.9. The molecule has 2 amide bonds. The van der Waals surface area contributed by atoms with Crippen molar-refractivity contribution < 1.29 is 14.3 Å². The van der Waals surface area contributed by atoms with Crippen LogP contribution in [0.1, 0.15) is 20.3 Å². The highest BCUT2D eigenvalue weighted by Crippen LogP contribution is 1.99. The summed E-state index contributed by atoms with van der Waals surface area (Å²) in [7, 11) is 3.03. The summed E-state index contributed by atoms with van der Waals surface area (Å²) in [6.45, 7) is 5.07. The van der Waals surface area contributed by atoms with Crippen molar-refractivity contribution in [3.8, 4) is 0 Å². The van der Waals surface area contributed by atoms with Gasteiger partial charge in [-0.2, -0.15) is 0 Å². The molecule has 5 nitrogen and oxygen atoms in total. The van der Waals surface area contributed by atoms with Crippen molar-refractivity contribution in [3.63, 3.8) is 0 Å². The molecule has 0 saturated heterocycles. The molecular weight excluding hydrogens is 196 g/mol. The predicted octanol–water partition coefficient (Wildman–Crippen LogP) is 0.943. The van der Waals surface area contributed by atoms with Gasteiger partial charge in [0.2, 0.25) is 0 Å². The van der Waals surface area contributed by atoms with E-state index in [-0.39, 0.29) is 18.5 Å². The van der Waals surface area contributed by atoms with Gasteiger partial charge in [-0.05, 0) is 13.3 Å². The minimum atomic E-state index is -0.388. The van der Waals surface area contributed by atoms with Gasteiger partial charge in [0, 0.05) is 20.1 Å². The van der Waals surface area contributed by atoms with Crippen LogP contribution in [0, 0.1) is 0 Å². The van der Waals surface area contributed by atoms with Gasteiger partial charge in [0.25, 0.3) is 0 Å². The van der Waals surface area contributed by atoms with Crippen LogP contribution >= 0.6 is 0 Å². The van der Waals surface area contributed by atoms with Crippen LogP contribution < -0.4 is 0 Å². The monoisotopic (exact) mass is 216 g/mol. The molecule has 0 rings (SSSR count). The van der Waals surface area contributed by atoms with Gasteiger partial charge in [0.1, 0.15) is 6.54 Å². The Bertz CT molecular complexity index is 219. The number of methoxy groups -OCH3 is 1. The summed E-state index contributed by atoms with van der Waals surface area (Å²) in [5.74, 6) is -0.388. The molecule has 0 spiro atoms. The standard InChI is InChI=1S/C10H20N2O3/c1-5-7-12(8-9(13)15-4)10(14)11(3)6-2/h5-8H2,1-4H3. The number of rotatable bonds is 5. The maximum Gasteiger partial charge on any atom is 0.325 e. The summed E-state index contributed by atoms with van der Waals surface area (Å²) in [5.41, 5.74) is 0. The first-order chi connectivity index (χ1) is 7.06. The van der Waals surface area contributed by atoms with E-state index in [0.717, 1.165) is 6.42 Å². The number of carbonyl (C=O) groups excluding carboxylic acids is 2. The number of ether oxygens (including phenoxy) is 1. The van der Waals surface area contributed by atoms with Crippen molar-refractivity contribution in [2.24, 2.45) is 0 Å². The highest BCUT2D eigenvalue weighted by atomic mass is 16.5. The first-order valence-electron chi connectivity index (χ1n) is 5.13. The lowest BCUT2D eigenvalue weighted by atomic mass is 10.4. The van der Waals surface area contributed by atoms with Crippen molar-refractivity contribution in [1.29, 1.82) is 0 Å². The average molecular weight is 216 g/mol. The zero-order valence-electron chi connectivity index (χ0n) is 9.95. The van der Waals surface area contributed by atoms with Crippen LogP contribution in [0.2, 0.25) is 0 Å². The second kappa shape index (κ2) is 7.09. The number of hydrogen-bond donors (Lipinski definition) is 0. The highest BCUT2D eigenvalue weighted by Gasteiger charge is 2.18. The van der Waals surface area contributed by atoms with Crippen molar-refractivity contribution in [2.75, 3.05) is 33.8 Å². The van der Waals surface area contributed by atoms with Crippen molar-refractivity contribution in [3.05, 3.63) is 0 Å². The smallest absolute Gasteiger partial charge is 0.325 e. The average Bonchev–Trinajstić information content (AvgIpc) is 2.26. The number of amides is 2. The largest absolute Gasteiger partial charge is 0.468 e. The molecule has 0 saturated carbocycles. The number of urea groups is 1. The molecule has 88 valence electrons. The lowest BCUT2D eigenvalue weighted by Gasteiger charge is -2.26. The first-order valence-corrected chi connectivity index (χ1v) is 5.13. The zero-order chi connectivity index (χ0) is 11.8. The van der Waals surface area contributed by atoms with E-state index < -0.39 is 0 Å². The fourth-order valence-corrected chi connectivity index (χ4v) is 1.11. The van der Waals surface area contributed by atoms with Crippen LogP contribution in [-0.2, 0) is 9.53 Å². The third kappa shape index (κ3) is 4.67. The molecule has 5 heteroatoms. The van der Waals surface area contributed by atoms with Gasteiger partial charge in [-0.25, -0.2) is 4.79 Å². The molecule has 0 heterocycles. The summed E-state index contributed by atoms with van der Waals surface area (Å²) in [6.07, 6.45) is 0.820. The van der Waals surface area contributed by atoms with Crippen molar-refractivity contribution in [2.45, 2.75) is 20.3 Å². The Balaban J connectivity index is 4.37. The van der Waals surface area contributed by atoms with Crippen LogP contribution in [0.4, 0.5) is 4.79 Å². The molecular formula is C10H20N2O3. The predicted molar refractivity (Wildman–Crippen MR) is 57.6 cm³/mol. The third-order valence-corrected chi connectivity index (χ3v) is 2.11. The van der Waals surface area contributed by atoms with Gasteiger partial charge in [-0.15, -0.1) is 0 Å². The van der Waals surface area contributed by atoms with Crippen LogP contribution in [0.3, 0.4) is 0 Å². The summed E-state index contributed by atoms with van der Waals surface area (Å²) >= 11 is 0. The lowest BCUT2D eigenvalue weighted by Crippen LogP contribution is -2.44. The van der Waals surface area contributed by atoms with Crippen LogP contribution in [0.5, 0.6) is 0 Å². The topological polar surface area (TPSA) is 49.9 Å². The Morgan fingerprint density at radius 1 is 1.27 bits per heavy atom. The summed E-state index contributed by atoms with van der Waals surface area (Å²) in [5, 5.41) is 0. The van der Waals surface area contributed by atoms with Crippen LogP contribution in [-0.4, -0.2) is 55.6 Å². The van der Waals surface area contributed by atoms with E-state index in [1.807, 2.05) is 13.8 Å². The SMILES string of the molecule is CCCN(CC(=O)OC)C(=O)N(C)CC. The molecule has 0 unspecified atom stereocenters. The molecule has 0 aliphatic heterocycles. The fourth-order valence-electron chi connectivity index (χ4n) is 1.11. The molecule has 0 radical (unpaired) electrons. The van der Waals surface area contributed by atoms with Gasteiger partial charge in [-0.1, -0.05) is 6.92 Å². The van der Waals surface area contributed by atoms with Gasteiger partial charge in [0.05, 0.1) is 7.11 Å². The molecule has 0 fully saturated rings. The number of carbonyl (C=O) groups is 2. The summed E-state index contributed by atoms with van der Waals surface area (Å²) < 4.78 is 4.54. The Hall–Kier alpha value is -1.26. The third-order valence-electron chi connectivity index (χ3n) is 2.11. The minimum absolute atomic E-state index is 0.0213. The highest BCUT2D eigenvalue weighted by molar-refractivity contribution is 5.80. The Morgan fingerprint density at radius 3 is 2.27 bits per heavy atom. The Morgan fingerprint density at radius 2 is 1.87 bits per heavy atom. The van der Waals surface area contributed by atoms with E-state index in [1.165, 1.54) is 12.0 Å². The first kappa shape index (κ1) is 13.7. The minimum Gasteiger partial charge on any atom is -0.468 e. The molecule has 0 aliphatic carbocycles. The number of nitrogens with zero attached hydrogens (tertiary/aromatic N) is 2.